The van der Waals surface area contributed by atoms with Crippen molar-refractivity contribution in [2.24, 2.45) is 17.6 Å². The lowest BCUT2D eigenvalue weighted by atomic mass is 9.72. The molecule has 25 heavy (non-hydrogen) atoms. The van der Waals surface area contributed by atoms with Gasteiger partial charge in [-0.25, -0.2) is 0 Å². The molecule has 5 rings (SSSR count). The van der Waals surface area contributed by atoms with Crippen molar-refractivity contribution in [1.29, 1.82) is 0 Å². The Morgan fingerprint density at radius 2 is 2.20 bits per heavy atom. The molecule has 0 saturated carbocycles. The quantitative estimate of drug-likeness (QED) is 0.840. The third kappa shape index (κ3) is 2.15. The molecule has 5 heteroatoms. The molecule has 4 unspecified atom stereocenters. The lowest BCUT2D eigenvalue weighted by molar-refractivity contribution is -0.117. The largest absolute Gasteiger partial charge is 0.497 e. The van der Waals surface area contributed by atoms with Gasteiger partial charge in [0.2, 0.25) is 5.91 Å². The number of primary amides is 1. The number of carbonyl (C=O) groups is 1. The summed E-state index contributed by atoms with van der Waals surface area (Å²) in [5.74, 6) is 0.164. The maximum atomic E-state index is 11.9. The van der Waals surface area contributed by atoms with E-state index in [0.717, 1.165) is 25.9 Å². The standard InChI is InChI=1S/C20H23N3O2/c1-11-15-9-23-7-6-13-12-4-2-3-5-17(12)22-19(13)18(23)8-14(15)16(10-25-11)20(21)24/h2-5,10-11,14-15,18,22H,6-9H2,1H3,(H2,21,24). The molecule has 4 heterocycles. The van der Waals surface area contributed by atoms with Crippen LogP contribution in [0.15, 0.2) is 36.1 Å². The van der Waals surface area contributed by atoms with Gasteiger partial charge in [-0.1, -0.05) is 18.2 Å². The Labute approximate surface area is 146 Å². The highest BCUT2D eigenvalue weighted by Gasteiger charge is 2.46. The highest BCUT2D eigenvalue weighted by molar-refractivity contribution is 5.92. The van der Waals surface area contributed by atoms with Gasteiger partial charge in [-0.15, -0.1) is 0 Å². The molecule has 4 atom stereocenters. The number of para-hydroxylation sites is 1. The maximum Gasteiger partial charge on any atom is 0.248 e. The summed E-state index contributed by atoms with van der Waals surface area (Å²) in [6, 6.07) is 8.86. The van der Waals surface area contributed by atoms with Gasteiger partial charge in [0, 0.05) is 41.5 Å². The van der Waals surface area contributed by atoms with Gasteiger partial charge in [0.25, 0.3) is 0 Å². The third-order valence-corrected chi connectivity index (χ3v) is 6.41. The maximum absolute atomic E-state index is 11.9. The van der Waals surface area contributed by atoms with E-state index in [0.29, 0.717) is 17.5 Å². The summed E-state index contributed by atoms with van der Waals surface area (Å²) in [5.41, 5.74) is 10.3. The number of aromatic nitrogens is 1. The average molecular weight is 337 g/mol. The zero-order valence-electron chi connectivity index (χ0n) is 14.4. The van der Waals surface area contributed by atoms with Crippen molar-refractivity contribution < 1.29 is 9.53 Å². The number of ether oxygens (including phenoxy) is 1. The lowest BCUT2D eigenvalue weighted by Crippen LogP contribution is -2.51. The van der Waals surface area contributed by atoms with Crippen LogP contribution >= 0.6 is 0 Å². The Hall–Kier alpha value is -2.27. The molecular weight excluding hydrogens is 314 g/mol. The monoisotopic (exact) mass is 337 g/mol. The number of benzene rings is 1. The summed E-state index contributed by atoms with van der Waals surface area (Å²) in [7, 11) is 0. The first kappa shape index (κ1) is 15.0. The van der Waals surface area contributed by atoms with Crippen molar-refractivity contribution in [1.82, 2.24) is 9.88 Å². The SMILES string of the molecule is CC1OC=C(C(N)=O)C2CC3c4[nH]c5ccccc5c4CCN3CC12. The summed E-state index contributed by atoms with van der Waals surface area (Å²) in [6.07, 6.45) is 3.73. The number of rotatable bonds is 1. The van der Waals surface area contributed by atoms with Crippen LogP contribution in [-0.2, 0) is 16.0 Å². The minimum Gasteiger partial charge on any atom is -0.497 e. The van der Waals surface area contributed by atoms with Crippen molar-refractivity contribution in [3.05, 3.63) is 47.4 Å². The van der Waals surface area contributed by atoms with Crippen LogP contribution in [0.1, 0.15) is 30.6 Å². The average Bonchev–Trinajstić information content (AvgIpc) is 3.00. The van der Waals surface area contributed by atoms with Crippen molar-refractivity contribution in [2.75, 3.05) is 13.1 Å². The van der Waals surface area contributed by atoms with Gasteiger partial charge in [0.15, 0.2) is 0 Å². The van der Waals surface area contributed by atoms with E-state index in [-0.39, 0.29) is 17.9 Å². The first-order valence-electron chi connectivity index (χ1n) is 9.12. The van der Waals surface area contributed by atoms with E-state index in [9.17, 15) is 4.79 Å². The van der Waals surface area contributed by atoms with Gasteiger partial charge in [0.05, 0.1) is 24.0 Å². The van der Waals surface area contributed by atoms with E-state index < -0.39 is 0 Å². The molecular formula is C20H23N3O2. The van der Waals surface area contributed by atoms with Crippen LogP contribution < -0.4 is 5.73 Å². The van der Waals surface area contributed by atoms with Crippen molar-refractivity contribution in [3.8, 4) is 0 Å². The van der Waals surface area contributed by atoms with Crippen LogP contribution in [0.5, 0.6) is 0 Å². The number of aromatic amines is 1. The number of fused-ring (bicyclic) bond motifs is 6. The Morgan fingerprint density at radius 3 is 3.04 bits per heavy atom. The number of nitrogens with two attached hydrogens (primary N) is 1. The van der Waals surface area contributed by atoms with Crippen LogP contribution in [-0.4, -0.2) is 35.0 Å². The molecule has 0 aliphatic carbocycles. The van der Waals surface area contributed by atoms with Crippen LogP contribution in [0, 0.1) is 11.8 Å². The first-order valence-corrected chi connectivity index (χ1v) is 9.12. The summed E-state index contributed by atoms with van der Waals surface area (Å²) >= 11 is 0. The number of amides is 1. The third-order valence-electron chi connectivity index (χ3n) is 6.41. The predicted molar refractivity (Wildman–Crippen MR) is 95.7 cm³/mol. The van der Waals surface area contributed by atoms with Crippen LogP contribution in [0.2, 0.25) is 0 Å². The minimum absolute atomic E-state index is 0.123. The van der Waals surface area contributed by atoms with Crippen molar-refractivity contribution in [2.45, 2.75) is 31.9 Å². The summed E-state index contributed by atoms with van der Waals surface area (Å²) in [5, 5.41) is 1.34. The van der Waals surface area contributed by atoms with E-state index >= 15 is 0 Å². The Bertz CT molecular complexity index is 884. The molecule has 3 aliphatic heterocycles. The fourth-order valence-corrected chi connectivity index (χ4v) is 5.11. The van der Waals surface area contributed by atoms with Gasteiger partial charge in [0.1, 0.15) is 0 Å². The van der Waals surface area contributed by atoms with Crippen LogP contribution in [0.25, 0.3) is 10.9 Å². The number of hydrogen-bond donors (Lipinski definition) is 2. The molecule has 0 spiro atoms. The highest BCUT2D eigenvalue weighted by atomic mass is 16.5. The van der Waals surface area contributed by atoms with E-state index in [2.05, 4.69) is 41.1 Å². The molecule has 2 aromatic rings. The molecule has 1 aromatic heterocycles. The molecule has 0 radical (unpaired) electrons. The van der Waals surface area contributed by atoms with Crippen molar-refractivity contribution >= 4 is 16.8 Å². The van der Waals surface area contributed by atoms with Crippen LogP contribution in [0.4, 0.5) is 0 Å². The van der Waals surface area contributed by atoms with Gasteiger partial charge in [-0.2, -0.15) is 0 Å². The number of nitrogens with one attached hydrogen (secondary N) is 1. The fraction of sp³-hybridized carbons (Fsp3) is 0.450. The van der Waals surface area contributed by atoms with Gasteiger partial charge < -0.3 is 15.5 Å². The topological polar surface area (TPSA) is 71.3 Å². The molecule has 3 N–H and O–H groups in total. The van der Waals surface area contributed by atoms with Gasteiger partial charge >= 0.3 is 0 Å². The van der Waals surface area contributed by atoms with Crippen molar-refractivity contribution in [3.63, 3.8) is 0 Å². The Balaban J connectivity index is 1.57. The minimum atomic E-state index is -0.344. The lowest BCUT2D eigenvalue weighted by Gasteiger charge is -2.49. The van der Waals surface area contributed by atoms with E-state index in [4.69, 9.17) is 10.5 Å². The van der Waals surface area contributed by atoms with E-state index in [1.54, 1.807) is 6.26 Å². The summed E-state index contributed by atoms with van der Waals surface area (Å²) in [4.78, 5) is 18.1. The second-order valence-corrected chi connectivity index (χ2v) is 7.61. The number of piperidine rings is 1. The first-order chi connectivity index (χ1) is 12.1. The zero-order chi connectivity index (χ0) is 17.1. The molecule has 1 saturated heterocycles. The molecule has 5 nitrogen and oxygen atoms in total. The van der Waals surface area contributed by atoms with E-state index in [1.807, 2.05) is 0 Å². The second kappa shape index (κ2) is 5.36. The number of H-pyrrole nitrogens is 1. The molecule has 3 aliphatic rings. The molecule has 1 fully saturated rings. The molecule has 1 amide bonds. The van der Waals surface area contributed by atoms with Crippen LogP contribution in [0.3, 0.4) is 0 Å². The summed E-state index contributed by atoms with van der Waals surface area (Å²) in [6.45, 7) is 4.12. The zero-order valence-corrected chi connectivity index (χ0v) is 14.4. The predicted octanol–water partition coefficient (Wildman–Crippen LogP) is 2.49. The molecule has 0 bridgehead atoms. The fourth-order valence-electron chi connectivity index (χ4n) is 5.11. The molecule has 1 aromatic carbocycles. The highest BCUT2D eigenvalue weighted by Crippen LogP contribution is 2.47. The van der Waals surface area contributed by atoms with Gasteiger partial charge in [-0.3, -0.25) is 9.69 Å². The Kier molecular flexibility index (Phi) is 3.22. The number of nitrogens with zero attached hydrogens (tertiary/aromatic N) is 1. The summed E-state index contributed by atoms with van der Waals surface area (Å²) < 4.78 is 5.72. The molecule has 130 valence electrons. The number of hydrogen-bond acceptors (Lipinski definition) is 3. The normalized spacial score (nSPS) is 31.5. The van der Waals surface area contributed by atoms with Gasteiger partial charge in [-0.05, 0) is 31.4 Å². The smallest absolute Gasteiger partial charge is 0.248 e. The number of carbonyl (C=O) groups excluding carboxylic acids is 1. The van der Waals surface area contributed by atoms with E-state index in [1.165, 1.54) is 22.2 Å². The second-order valence-electron chi connectivity index (χ2n) is 7.61. The Morgan fingerprint density at radius 1 is 1.36 bits per heavy atom.